The molecule has 5 aromatic rings. The molecule has 1 aliphatic carbocycles. The summed E-state index contributed by atoms with van der Waals surface area (Å²) in [6.07, 6.45) is 0. The summed E-state index contributed by atoms with van der Waals surface area (Å²) in [6, 6.07) is 42.5. The minimum absolute atomic E-state index is 0.107. The summed E-state index contributed by atoms with van der Waals surface area (Å²) < 4.78 is 0. The van der Waals surface area contributed by atoms with E-state index in [9.17, 15) is 0 Å². The van der Waals surface area contributed by atoms with E-state index in [0.717, 1.165) is 33.4 Å². The topological polar surface area (TPSA) is 37.1 Å². The van der Waals surface area contributed by atoms with E-state index < -0.39 is 0 Å². The van der Waals surface area contributed by atoms with Crippen LogP contribution in [-0.4, -0.2) is 25.4 Å². The molecule has 1 aliphatic rings. The van der Waals surface area contributed by atoms with Crippen molar-refractivity contribution in [2.45, 2.75) is 19.3 Å². The summed E-state index contributed by atoms with van der Waals surface area (Å²) in [7, 11) is 1.78. The maximum atomic E-state index is 4.98. The summed E-state index contributed by atoms with van der Waals surface area (Å²) in [5, 5.41) is 0. The third-order valence-corrected chi connectivity index (χ3v) is 7.82. The van der Waals surface area contributed by atoms with Crippen LogP contribution in [0.4, 0.5) is 0 Å². The van der Waals surface area contributed by atoms with E-state index in [1.807, 2.05) is 12.1 Å². The average molecular weight is 518 g/mol. The van der Waals surface area contributed by atoms with Gasteiger partial charge in [0, 0.05) is 23.6 Å². The average Bonchev–Trinajstić information content (AvgIpc) is 3.24. The second-order valence-corrected chi connectivity index (χ2v) is 10.6. The fourth-order valence-electron chi connectivity index (χ4n) is 5.73. The number of hydrogen-bond donors (Lipinski definition) is 0. The minimum atomic E-state index is -0.107. The summed E-state index contributed by atoms with van der Waals surface area (Å²) in [5.74, 6) is 1.17. The molecular weight excluding hydrogens is 486 g/mol. The van der Waals surface area contributed by atoms with E-state index in [1.165, 1.54) is 22.3 Å². The first kappa shape index (κ1) is 25.4. The molecule has 194 valence electrons. The Morgan fingerprint density at radius 3 is 1.73 bits per heavy atom. The van der Waals surface area contributed by atoms with Crippen LogP contribution in [0.25, 0.3) is 33.4 Å². The Morgan fingerprint density at radius 1 is 0.550 bits per heavy atom. The zero-order valence-corrected chi connectivity index (χ0v) is 23.1. The van der Waals surface area contributed by atoms with Crippen molar-refractivity contribution in [2.24, 2.45) is 15.0 Å². The van der Waals surface area contributed by atoms with Crippen molar-refractivity contribution in [2.75, 3.05) is 7.05 Å². The highest BCUT2D eigenvalue weighted by Crippen LogP contribution is 2.48. The van der Waals surface area contributed by atoms with E-state index in [-0.39, 0.29) is 5.41 Å². The molecule has 0 heterocycles. The molecule has 5 aromatic carbocycles. The van der Waals surface area contributed by atoms with E-state index in [0.29, 0.717) is 11.7 Å². The number of rotatable bonds is 4. The van der Waals surface area contributed by atoms with Gasteiger partial charge in [-0.3, -0.25) is 4.99 Å². The number of aliphatic imine (C=N–C) groups is 3. The molecule has 0 radical (unpaired) electrons. The van der Waals surface area contributed by atoms with Crippen LogP contribution < -0.4 is 0 Å². The monoisotopic (exact) mass is 517 g/mol. The zero-order valence-electron chi connectivity index (χ0n) is 23.1. The predicted molar refractivity (Wildman–Crippen MR) is 170 cm³/mol. The largest absolute Gasteiger partial charge is 0.270 e. The molecule has 0 aliphatic heterocycles. The first-order chi connectivity index (χ1) is 19.5. The Morgan fingerprint density at radius 2 is 1.12 bits per heavy atom. The molecule has 0 aromatic heterocycles. The van der Waals surface area contributed by atoms with Crippen LogP contribution in [0.2, 0.25) is 0 Å². The standard InChI is InChI=1S/C37H31N3/c1-37(2)33-18-12-11-17-31(33)32-20-19-27(24-34(32)37)35(38-3)40-36(39-4)30-22-28(25-13-7-5-8-14-25)21-29(23-30)26-15-9-6-10-16-26/h5-24H,3H2,1-2,4H3/b39-36-,40-35-. The Hall–Kier alpha value is -4.89. The van der Waals surface area contributed by atoms with Gasteiger partial charge >= 0.3 is 0 Å². The van der Waals surface area contributed by atoms with Gasteiger partial charge in [0.1, 0.15) is 0 Å². The van der Waals surface area contributed by atoms with Crippen LogP contribution in [0.15, 0.2) is 136 Å². The quantitative estimate of drug-likeness (QED) is 0.169. The van der Waals surface area contributed by atoms with Gasteiger partial charge in [-0.1, -0.05) is 111 Å². The summed E-state index contributed by atoms with van der Waals surface area (Å²) in [4.78, 5) is 14.0. The van der Waals surface area contributed by atoms with Gasteiger partial charge < -0.3 is 0 Å². The van der Waals surface area contributed by atoms with Crippen LogP contribution in [0, 0.1) is 0 Å². The second kappa shape index (κ2) is 10.3. The van der Waals surface area contributed by atoms with Crippen molar-refractivity contribution in [3.05, 3.63) is 144 Å². The van der Waals surface area contributed by atoms with E-state index >= 15 is 0 Å². The highest BCUT2D eigenvalue weighted by molar-refractivity contribution is 6.13. The fourth-order valence-corrected chi connectivity index (χ4v) is 5.73. The van der Waals surface area contributed by atoms with Gasteiger partial charge in [-0.05, 0) is 75.5 Å². The number of hydrogen-bond acceptors (Lipinski definition) is 1. The van der Waals surface area contributed by atoms with Crippen LogP contribution in [0.3, 0.4) is 0 Å². The highest BCUT2D eigenvalue weighted by atomic mass is 15.0. The molecule has 40 heavy (non-hydrogen) atoms. The lowest BCUT2D eigenvalue weighted by Crippen LogP contribution is -2.15. The molecule has 0 unspecified atom stereocenters. The maximum absolute atomic E-state index is 4.98. The van der Waals surface area contributed by atoms with Gasteiger partial charge in [-0.15, -0.1) is 0 Å². The zero-order chi connectivity index (χ0) is 27.7. The Balaban J connectivity index is 1.45. The molecule has 0 bridgehead atoms. The fraction of sp³-hybridized carbons (Fsp3) is 0.108. The SMILES string of the molecule is C=N/C(=N\C(=N/C)c1cc(-c2ccccc2)cc(-c2ccccc2)c1)c1ccc2c(c1)C(C)(C)c1ccccc1-2. The number of nitrogens with zero attached hydrogens (tertiary/aromatic N) is 3. The van der Waals surface area contributed by atoms with Crippen LogP contribution >= 0.6 is 0 Å². The molecule has 0 atom stereocenters. The van der Waals surface area contributed by atoms with Gasteiger partial charge in [0.15, 0.2) is 11.7 Å². The van der Waals surface area contributed by atoms with Crippen LogP contribution in [0.5, 0.6) is 0 Å². The number of benzene rings is 5. The van der Waals surface area contributed by atoms with Gasteiger partial charge in [0.25, 0.3) is 0 Å². The molecule has 0 N–H and O–H groups in total. The van der Waals surface area contributed by atoms with Crippen LogP contribution in [-0.2, 0) is 5.41 Å². The molecule has 0 saturated carbocycles. The van der Waals surface area contributed by atoms with Crippen molar-refractivity contribution in [3.63, 3.8) is 0 Å². The van der Waals surface area contributed by atoms with Gasteiger partial charge in [0.2, 0.25) is 0 Å². The maximum Gasteiger partial charge on any atom is 0.161 e. The molecule has 3 heteroatoms. The normalized spacial score (nSPS) is 14.0. The van der Waals surface area contributed by atoms with Crippen molar-refractivity contribution in [1.82, 2.24) is 0 Å². The van der Waals surface area contributed by atoms with Crippen LogP contribution in [0.1, 0.15) is 36.1 Å². The second-order valence-electron chi connectivity index (χ2n) is 10.6. The summed E-state index contributed by atoms with van der Waals surface area (Å²) in [6.45, 7) is 8.44. The van der Waals surface area contributed by atoms with Crippen molar-refractivity contribution in [3.8, 4) is 33.4 Å². The lowest BCUT2D eigenvalue weighted by atomic mass is 9.82. The third kappa shape index (κ3) is 4.50. The highest BCUT2D eigenvalue weighted by Gasteiger charge is 2.35. The van der Waals surface area contributed by atoms with Gasteiger partial charge in [-0.25, -0.2) is 9.98 Å². The summed E-state index contributed by atoms with van der Waals surface area (Å²) in [5.41, 5.74) is 11.4. The number of amidine groups is 2. The molecule has 0 saturated heterocycles. The summed E-state index contributed by atoms with van der Waals surface area (Å²) >= 11 is 0. The van der Waals surface area contributed by atoms with Crippen molar-refractivity contribution >= 4 is 18.4 Å². The predicted octanol–water partition coefficient (Wildman–Crippen LogP) is 8.85. The molecule has 0 fully saturated rings. The first-order valence-corrected chi connectivity index (χ1v) is 13.5. The van der Waals surface area contributed by atoms with E-state index in [4.69, 9.17) is 4.99 Å². The van der Waals surface area contributed by atoms with Crippen molar-refractivity contribution < 1.29 is 0 Å². The molecule has 3 nitrogen and oxygen atoms in total. The Bertz CT molecular complexity index is 1720. The minimum Gasteiger partial charge on any atom is -0.270 e. The first-order valence-electron chi connectivity index (χ1n) is 13.5. The lowest BCUT2D eigenvalue weighted by molar-refractivity contribution is 0.660. The van der Waals surface area contributed by atoms with E-state index in [1.54, 1.807) is 7.05 Å². The van der Waals surface area contributed by atoms with Crippen molar-refractivity contribution in [1.29, 1.82) is 0 Å². The number of fused-ring (bicyclic) bond motifs is 3. The Labute approximate surface area is 236 Å². The lowest BCUT2D eigenvalue weighted by Gasteiger charge is -2.21. The smallest absolute Gasteiger partial charge is 0.161 e. The molecule has 0 spiro atoms. The molecule has 0 amide bonds. The van der Waals surface area contributed by atoms with Gasteiger partial charge in [-0.2, -0.15) is 0 Å². The third-order valence-electron chi connectivity index (χ3n) is 7.82. The van der Waals surface area contributed by atoms with Gasteiger partial charge in [0.05, 0.1) is 0 Å². The Kier molecular flexibility index (Phi) is 6.57. The molecule has 6 rings (SSSR count). The van der Waals surface area contributed by atoms with E-state index in [2.05, 4.69) is 140 Å². The molecular formula is C37H31N3.